The number of thiophene rings is 1. The van der Waals surface area contributed by atoms with Gasteiger partial charge in [-0.2, -0.15) is 0 Å². The molecule has 0 saturated heterocycles. The normalized spacial score (nSPS) is 11.1. The minimum Gasteiger partial charge on any atom is -0.497 e. The van der Waals surface area contributed by atoms with Gasteiger partial charge in [0.15, 0.2) is 0 Å². The molecule has 0 N–H and O–H groups in total. The fraction of sp³-hybridized carbons (Fsp3) is 0.409. The van der Waals surface area contributed by atoms with E-state index < -0.39 is 17.2 Å². The van der Waals surface area contributed by atoms with Crippen molar-refractivity contribution < 1.29 is 14.3 Å². The number of carbonyl (C=O) groups excluding carboxylic acids is 1. The van der Waals surface area contributed by atoms with Crippen molar-refractivity contribution in [2.24, 2.45) is 0 Å². The summed E-state index contributed by atoms with van der Waals surface area (Å²) in [5.41, 5.74) is 0.814. The summed E-state index contributed by atoms with van der Waals surface area (Å²) in [5, 5.41) is 0.478. The van der Waals surface area contributed by atoms with E-state index in [0.29, 0.717) is 16.8 Å². The van der Waals surface area contributed by atoms with Gasteiger partial charge in [0.05, 0.1) is 19.1 Å². The van der Waals surface area contributed by atoms with Crippen LogP contribution in [0.25, 0.3) is 20.7 Å². The van der Waals surface area contributed by atoms with Gasteiger partial charge in [0.2, 0.25) is 0 Å². The minimum absolute atomic E-state index is 0.193. The van der Waals surface area contributed by atoms with Gasteiger partial charge in [-0.25, -0.2) is 9.36 Å². The monoisotopic (exact) mass is 430 g/mol. The van der Waals surface area contributed by atoms with E-state index in [1.807, 2.05) is 38.1 Å². The third kappa shape index (κ3) is 4.05. The van der Waals surface area contributed by atoms with Crippen molar-refractivity contribution in [3.8, 4) is 16.2 Å². The van der Waals surface area contributed by atoms with E-state index in [0.717, 1.165) is 39.2 Å². The lowest BCUT2D eigenvalue weighted by Crippen LogP contribution is -2.41. The first kappa shape index (κ1) is 21.8. The molecule has 0 amide bonds. The maximum absolute atomic E-state index is 13.2. The molecule has 0 bridgehead atoms. The molecule has 0 spiro atoms. The average Bonchev–Trinajstić information content (AvgIpc) is 3.08. The zero-order chi connectivity index (χ0) is 21.8. The number of unbranched alkanes of at least 4 members (excludes halogenated alkanes) is 1. The second kappa shape index (κ2) is 9.30. The average molecular weight is 431 g/mol. The number of ether oxygens (including phenoxy) is 2. The molecule has 0 aliphatic carbocycles. The van der Waals surface area contributed by atoms with Gasteiger partial charge >= 0.3 is 11.7 Å². The molecule has 0 aliphatic heterocycles. The molecule has 1 aromatic carbocycles. The fourth-order valence-corrected chi connectivity index (χ4v) is 4.73. The lowest BCUT2D eigenvalue weighted by molar-refractivity contribution is -0.143. The molecule has 0 fully saturated rings. The first-order chi connectivity index (χ1) is 14.4. The number of esters is 1. The molecule has 3 rings (SSSR count). The van der Waals surface area contributed by atoms with E-state index in [-0.39, 0.29) is 13.2 Å². The SMILES string of the molecule is CCCCn1c(=O)n(CC(=O)OCC)c(=O)c2c(C)c(-c3ccc(OC)cc3)sc21. The molecule has 0 radical (unpaired) electrons. The van der Waals surface area contributed by atoms with Crippen LogP contribution >= 0.6 is 11.3 Å². The highest BCUT2D eigenvalue weighted by atomic mass is 32.1. The Morgan fingerprint density at radius 2 is 1.80 bits per heavy atom. The zero-order valence-corrected chi connectivity index (χ0v) is 18.5. The number of hydrogen-bond acceptors (Lipinski definition) is 6. The van der Waals surface area contributed by atoms with E-state index >= 15 is 0 Å². The third-order valence-corrected chi connectivity index (χ3v) is 6.34. The fourth-order valence-electron chi connectivity index (χ4n) is 3.40. The molecular formula is C22H26N2O5S. The number of hydrogen-bond donors (Lipinski definition) is 0. The van der Waals surface area contributed by atoms with Gasteiger partial charge in [0, 0.05) is 11.4 Å². The molecule has 2 heterocycles. The molecule has 7 nitrogen and oxygen atoms in total. The summed E-state index contributed by atoms with van der Waals surface area (Å²) in [5.74, 6) is 0.149. The van der Waals surface area contributed by atoms with Crippen LogP contribution in [-0.4, -0.2) is 28.8 Å². The number of aromatic nitrogens is 2. The number of carbonyl (C=O) groups is 1. The van der Waals surface area contributed by atoms with Gasteiger partial charge in [-0.05, 0) is 55.7 Å². The molecule has 30 heavy (non-hydrogen) atoms. The largest absolute Gasteiger partial charge is 0.497 e. The van der Waals surface area contributed by atoms with Crippen molar-refractivity contribution >= 4 is 27.5 Å². The Labute approximate surface area is 178 Å². The number of benzene rings is 1. The molecule has 0 atom stereocenters. The molecule has 2 aromatic heterocycles. The van der Waals surface area contributed by atoms with Gasteiger partial charge in [0.1, 0.15) is 17.1 Å². The summed E-state index contributed by atoms with van der Waals surface area (Å²) >= 11 is 1.43. The summed E-state index contributed by atoms with van der Waals surface area (Å²) in [6.07, 6.45) is 1.70. The number of methoxy groups -OCH3 is 1. The maximum atomic E-state index is 13.2. The molecule has 0 unspecified atom stereocenters. The summed E-state index contributed by atoms with van der Waals surface area (Å²) in [7, 11) is 1.61. The van der Waals surface area contributed by atoms with Gasteiger partial charge in [-0.15, -0.1) is 11.3 Å². The Kier molecular flexibility index (Phi) is 6.77. The predicted molar refractivity (Wildman–Crippen MR) is 119 cm³/mol. The molecule has 3 aromatic rings. The molecular weight excluding hydrogens is 404 g/mol. The van der Waals surface area contributed by atoms with Gasteiger partial charge < -0.3 is 9.47 Å². The minimum atomic E-state index is -0.596. The first-order valence-corrected chi connectivity index (χ1v) is 10.8. The predicted octanol–water partition coefficient (Wildman–Crippen LogP) is 3.57. The molecule has 0 saturated carbocycles. The number of rotatable bonds is 8. The molecule has 0 aliphatic rings. The second-order valence-corrected chi connectivity index (χ2v) is 7.95. The van der Waals surface area contributed by atoms with Crippen LogP contribution in [0.15, 0.2) is 33.9 Å². The Balaban J connectivity index is 2.25. The highest BCUT2D eigenvalue weighted by Crippen LogP contribution is 2.36. The summed E-state index contributed by atoms with van der Waals surface area (Å²) in [6.45, 7) is 5.90. The third-order valence-electron chi connectivity index (χ3n) is 4.97. The summed E-state index contributed by atoms with van der Waals surface area (Å²) < 4.78 is 12.8. The van der Waals surface area contributed by atoms with Crippen LogP contribution in [0.5, 0.6) is 5.75 Å². The van der Waals surface area contributed by atoms with Crippen molar-refractivity contribution in [2.75, 3.05) is 13.7 Å². The lowest BCUT2D eigenvalue weighted by Gasteiger charge is -2.11. The number of aryl methyl sites for hydroxylation is 2. The van der Waals surface area contributed by atoms with Crippen LogP contribution < -0.4 is 16.0 Å². The Hall–Kier alpha value is -2.87. The van der Waals surface area contributed by atoms with Crippen LogP contribution in [0, 0.1) is 6.92 Å². The van der Waals surface area contributed by atoms with Crippen molar-refractivity contribution in [3.05, 3.63) is 50.7 Å². The molecule has 8 heteroatoms. The first-order valence-electron chi connectivity index (χ1n) is 9.99. The van der Waals surface area contributed by atoms with Crippen molar-refractivity contribution in [2.45, 2.75) is 46.7 Å². The quantitative estimate of drug-likeness (QED) is 0.511. The van der Waals surface area contributed by atoms with Crippen LogP contribution in [0.4, 0.5) is 0 Å². The summed E-state index contributed by atoms with van der Waals surface area (Å²) in [4.78, 5) is 39.9. The lowest BCUT2D eigenvalue weighted by atomic mass is 10.1. The van der Waals surface area contributed by atoms with Crippen LogP contribution in [0.3, 0.4) is 0 Å². The van der Waals surface area contributed by atoms with Crippen molar-refractivity contribution in [1.82, 2.24) is 9.13 Å². The Morgan fingerprint density at radius 3 is 2.40 bits per heavy atom. The highest BCUT2D eigenvalue weighted by molar-refractivity contribution is 7.22. The van der Waals surface area contributed by atoms with E-state index in [2.05, 4.69) is 0 Å². The van der Waals surface area contributed by atoms with Gasteiger partial charge in [-0.1, -0.05) is 13.3 Å². The smallest absolute Gasteiger partial charge is 0.332 e. The van der Waals surface area contributed by atoms with E-state index in [4.69, 9.17) is 9.47 Å². The van der Waals surface area contributed by atoms with E-state index in [1.165, 1.54) is 11.3 Å². The van der Waals surface area contributed by atoms with Crippen LogP contribution in [-0.2, 0) is 22.6 Å². The maximum Gasteiger partial charge on any atom is 0.332 e. The van der Waals surface area contributed by atoms with E-state index in [1.54, 1.807) is 18.6 Å². The van der Waals surface area contributed by atoms with Gasteiger partial charge in [-0.3, -0.25) is 14.2 Å². The number of nitrogens with zero attached hydrogens (tertiary/aromatic N) is 2. The topological polar surface area (TPSA) is 79.5 Å². The van der Waals surface area contributed by atoms with Crippen molar-refractivity contribution in [3.63, 3.8) is 0 Å². The van der Waals surface area contributed by atoms with Gasteiger partial charge in [0.25, 0.3) is 5.56 Å². The Bertz CT molecular complexity index is 1170. The standard InChI is InChI=1S/C22H26N2O5S/c1-5-7-12-23-21-18(20(26)24(22(23)27)13-17(25)29-6-2)14(3)19(30-21)15-8-10-16(28-4)11-9-15/h8-11H,5-7,12-13H2,1-4H3. The second-order valence-electron chi connectivity index (χ2n) is 6.95. The highest BCUT2D eigenvalue weighted by Gasteiger charge is 2.22. The molecule has 160 valence electrons. The number of fused-ring (bicyclic) bond motifs is 1. The zero-order valence-electron chi connectivity index (χ0n) is 17.7. The van der Waals surface area contributed by atoms with Crippen molar-refractivity contribution in [1.29, 1.82) is 0 Å². The Morgan fingerprint density at radius 1 is 1.10 bits per heavy atom. The van der Waals surface area contributed by atoms with Crippen LogP contribution in [0.1, 0.15) is 32.3 Å². The summed E-state index contributed by atoms with van der Waals surface area (Å²) in [6, 6.07) is 7.59. The van der Waals surface area contributed by atoms with E-state index in [9.17, 15) is 14.4 Å². The van der Waals surface area contributed by atoms with Crippen LogP contribution in [0.2, 0.25) is 0 Å².